The molecule has 1 aliphatic carbocycles. The lowest BCUT2D eigenvalue weighted by Crippen LogP contribution is -2.41. The fraction of sp³-hybridized carbons (Fsp3) is 0.556. The molecule has 0 radical (unpaired) electrons. The predicted octanol–water partition coefficient (Wildman–Crippen LogP) is 2.77. The second kappa shape index (κ2) is 8.53. The van der Waals surface area contributed by atoms with Crippen LogP contribution in [0.2, 0.25) is 0 Å². The molecule has 1 aromatic heterocycles. The standard InChI is InChI=1S/C18H25N5O2S/c1-12-8-9-16(25-3)15(10-12)23-18(20-21-22-23)26-11-17(24)19-14-7-5-4-6-13(14)2/h8-10,13-14H,4-7,11H2,1-3H3,(H,19,24)/t13-,14-/m1/s1. The highest BCUT2D eigenvalue weighted by molar-refractivity contribution is 7.99. The van der Waals surface area contributed by atoms with Gasteiger partial charge >= 0.3 is 0 Å². The van der Waals surface area contributed by atoms with Crippen LogP contribution in [0.15, 0.2) is 23.4 Å². The maximum absolute atomic E-state index is 12.3. The molecule has 1 aromatic carbocycles. The summed E-state index contributed by atoms with van der Waals surface area (Å²) < 4.78 is 7.03. The van der Waals surface area contributed by atoms with Crippen molar-refractivity contribution in [3.63, 3.8) is 0 Å². The number of tetrazole rings is 1. The van der Waals surface area contributed by atoms with Crippen LogP contribution in [-0.2, 0) is 4.79 Å². The van der Waals surface area contributed by atoms with Crippen molar-refractivity contribution in [2.45, 2.75) is 50.7 Å². The summed E-state index contributed by atoms with van der Waals surface area (Å²) in [4.78, 5) is 12.3. The van der Waals surface area contributed by atoms with Gasteiger partial charge in [-0.1, -0.05) is 37.6 Å². The first-order valence-corrected chi connectivity index (χ1v) is 9.92. The number of carbonyl (C=O) groups is 1. The number of carbonyl (C=O) groups excluding carboxylic acids is 1. The molecule has 1 aliphatic rings. The van der Waals surface area contributed by atoms with Gasteiger partial charge in [0.1, 0.15) is 11.4 Å². The smallest absolute Gasteiger partial charge is 0.230 e. The van der Waals surface area contributed by atoms with Gasteiger partial charge in [0.25, 0.3) is 0 Å². The average Bonchev–Trinajstić information content (AvgIpc) is 3.10. The molecule has 3 rings (SSSR count). The topological polar surface area (TPSA) is 81.9 Å². The Hall–Kier alpha value is -2.09. The maximum Gasteiger partial charge on any atom is 0.230 e. The molecule has 26 heavy (non-hydrogen) atoms. The van der Waals surface area contributed by atoms with E-state index in [-0.39, 0.29) is 17.7 Å². The molecule has 1 fully saturated rings. The second-order valence-electron chi connectivity index (χ2n) is 6.77. The van der Waals surface area contributed by atoms with Crippen LogP contribution in [0.3, 0.4) is 0 Å². The zero-order valence-electron chi connectivity index (χ0n) is 15.4. The summed E-state index contributed by atoms with van der Waals surface area (Å²) in [6.07, 6.45) is 4.70. The minimum Gasteiger partial charge on any atom is -0.494 e. The Morgan fingerprint density at radius 1 is 1.38 bits per heavy atom. The van der Waals surface area contributed by atoms with E-state index < -0.39 is 0 Å². The van der Waals surface area contributed by atoms with Crippen molar-refractivity contribution in [3.8, 4) is 11.4 Å². The number of nitrogens with one attached hydrogen (secondary N) is 1. The van der Waals surface area contributed by atoms with Crippen molar-refractivity contribution in [2.24, 2.45) is 5.92 Å². The summed E-state index contributed by atoms with van der Waals surface area (Å²) in [5, 5.41) is 15.6. The van der Waals surface area contributed by atoms with E-state index in [0.29, 0.717) is 16.8 Å². The van der Waals surface area contributed by atoms with E-state index in [1.165, 1.54) is 31.0 Å². The molecule has 140 valence electrons. The van der Waals surface area contributed by atoms with E-state index in [0.717, 1.165) is 17.7 Å². The number of aryl methyl sites for hydroxylation is 1. The lowest BCUT2D eigenvalue weighted by molar-refractivity contribution is -0.119. The van der Waals surface area contributed by atoms with Gasteiger partial charge in [-0.15, -0.1) is 5.10 Å². The van der Waals surface area contributed by atoms with Crippen molar-refractivity contribution in [3.05, 3.63) is 23.8 Å². The minimum absolute atomic E-state index is 0.0273. The van der Waals surface area contributed by atoms with Crippen LogP contribution in [0.25, 0.3) is 5.69 Å². The third-order valence-corrected chi connectivity index (χ3v) is 5.71. The average molecular weight is 375 g/mol. The molecule has 2 aromatic rings. The second-order valence-corrected chi connectivity index (χ2v) is 7.72. The zero-order chi connectivity index (χ0) is 18.5. The van der Waals surface area contributed by atoms with Crippen molar-refractivity contribution in [1.82, 2.24) is 25.5 Å². The Kier molecular flexibility index (Phi) is 6.13. The predicted molar refractivity (Wildman–Crippen MR) is 101 cm³/mol. The molecule has 1 amide bonds. The molecular weight excluding hydrogens is 350 g/mol. The van der Waals surface area contributed by atoms with Crippen LogP contribution in [0.4, 0.5) is 0 Å². The van der Waals surface area contributed by atoms with Gasteiger partial charge in [0.05, 0.1) is 12.9 Å². The maximum atomic E-state index is 12.3. The molecule has 0 saturated heterocycles. The highest BCUT2D eigenvalue weighted by atomic mass is 32.2. The molecule has 2 atom stereocenters. The van der Waals surface area contributed by atoms with Gasteiger partial charge in [0.2, 0.25) is 11.1 Å². The molecule has 8 heteroatoms. The van der Waals surface area contributed by atoms with Crippen LogP contribution in [-0.4, -0.2) is 45.0 Å². The lowest BCUT2D eigenvalue weighted by atomic mass is 9.86. The number of aromatic nitrogens is 4. The monoisotopic (exact) mass is 375 g/mol. The van der Waals surface area contributed by atoms with Crippen LogP contribution in [0.5, 0.6) is 5.75 Å². The normalized spacial score (nSPS) is 20.0. The number of ether oxygens (including phenoxy) is 1. The van der Waals surface area contributed by atoms with Crippen molar-refractivity contribution < 1.29 is 9.53 Å². The van der Waals surface area contributed by atoms with E-state index in [9.17, 15) is 4.79 Å². The number of benzene rings is 1. The highest BCUT2D eigenvalue weighted by Gasteiger charge is 2.23. The fourth-order valence-electron chi connectivity index (χ4n) is 3.29. The number of hydrogen-bond donors (Lipinski definition) is 1. The lowest BCUT2D eigenvalue weighted by Gasteiger charge is -2.29. The van der Waals surface area contributed by atoms with Crippen LogP contribution < -0.4 is 10.1 Å². The molecule has 1 heterocycles. The Balaban J connectivity index is 1.66. The van der Waals surface area contributed by atoms with Crippen molar-refractivity contribution in [1.29, 1.82) is 0 Å². The Bertz CT molecular complexity index is 764. The molecule has 7 nitrogen and oxygen atoms in total. The van der Waals surface area contributed by atoms with Crippen LogP contribution in [0, 0.1) is 12.8 Å². The summed E-state index contributed by atoms with van der Waals surface area (Å²) in [6.45, 7) is 4.21. The van der Waals surface area contributed by atoms with Crippen LogP contribution in [0.1, 0.15) is 38.2 Å². The minimum atomic E-state index is 0.0273. The highest BCUT2D eigenvalue weighted by Crippen LogP contribution is 2.27. The summed E-state index contributed by atoms with van der Waals surface area (Å²) >= 11 is 1.33. The van der Waals surface area contributed by atoms with E-state index >= 15 is 0 Å². The summed E-state index contributed by atoms with van der Waals surface area (Å²) in [6, 6.07) is 6.10. The summed E-state index contributed by atoms with van der Waals surface area (Å²) in [5.74, 6) is 1.54. The van der Waals surface area contributed by atoms with Gasteiger partial charge in [0.15, 0.2) is 0 Å². The van der Waals surface area contributed by atoms with Gasteiger partial charge in [-0.05, 0) is 53.8 Å². The summed E-state index contributed by atoms with van der Waals surface area (Å²) in [5.41, 5.74) is 1.84. The Morgan fingerprint density at radius 2 is 2.19 bits per heavy atom. The fourth-order valence-corrected chi connectivity index (χ4v) is 3.99. The first kappa shape index (κ1) is 18.7. The van der Waals surface area contributed by atoms with Gasteiger partial charge in [-0.2, -0.15) is 4.68 Å². The first-order chi connectivity index (χ1) is 12.6. The number of thioether (sulfide) groups is 1. The quantitative estimate of drug-likeness (QED) is 0.782. The van der Waals surface area contributed by atoms with Gasteiger partial charge in [0, 0.05) is 6.04 Å². The SMILES string of the molecule is COc1ccc(C)cc1-n1nnnc1SCC(=O)N[C@@H]1CCCC[C@H]1C. The Labute approximate surface area is 157 Å². The van der Waals surface area contributed by atoms with Gasteiger partial charge < -0.3 is 10.1 Å². The largest absolute Gasteiger partial charge is 0.494 e. The third-order valence-electron chi connectivity index (χ3n) is 4.79. The molecular formula is C18H25N5O2S. The number of nitrogens with zero attached hydrogens (tertiary/aromatic N) is 4. The van der Waals surface area contributed by atoms with Gasteiger partial charge in [-0.25, -0.2) is 0 Å². The molecule has 1 N–H and O–H groups in total. The third kappa shape index (κ3) is 4.35. The molecule has 1 saturated carbocycles. The van der Waals surface area contributed by atoms with Crippen molar-refractivity contribution >= 4 is 17.7 Å². The molecule has 0 aliphatic heterocycles. The van der Waals surface area contributed by atoms with E-state index in [1.807, 2.05) is 25.1 Å². The number of methoxy groups -OCH3 is 1. The molecule has 0 unspecified atom stereocenters. The first-order valence-electron chi connectivity index (χ1n) is 8.94. The Morgan fingerprint density at radius 3 is 2.96 bits per heavy atom. The number of rotatable bonds is 6. The van der Waals surface area contributed by atoms with Gasteiger partial charge in [-0.3, -0.25) is 4.79 Å². The molecule has 0 spiro atoms. The van der Waals surface area contributed by atoms with E-state index in [4.69, 9.17) is 4.74 Å². The molecule has 0 bridgehead atoms. The van der Waals surface area contributed by atoms with Crippen molar-refractivity contribution in [2.75, 3.05) is 12.9 Å². The number of hydrogen-bond acceptors (Lipinski definition) is 6. The summed E-state index contributed by atoms with van der Waals surface area (Å²) in [7, 11) is 1.62. The van der Waals surface area contributed by atoms with Crippen LogP contribution >= 0.6 is 11.8 Å². The number of amides is 1. The van der Waals surface area contributed by atoms with E-state index in [2.05, 4.69) is 27.8 Å². The van der Waals surface area contributed by atoms with E-state index in [1.54, 1.807) is 11.8 Å². The zero-order valence-corrected chi connectivity index (χ0v) is 16.3.